The minimum absolute atomic E-state index is 0. The zero-order valence-corrected chi connectivity index (χ0v) is 25.2. The summed E-state index contributed by atoms with van der Waals surface area (Å²) in [4.78, 5) is 12.2. The van der Waals surface area contributed by atoms with Gasteiger partial charge in [0.15, 0.2) is 0 Å². The number of carbonyl (C=O) groups excluding carboxylic acids is 1. The maximum Gasteiger partial charge on any atom is 1.00 e. The predicted octanol–water partition coefficient (Wildman–Crippen LogP) is -0.970. The fraction of sp³-hybridized carbons (Fsp3) is 0.962. The van der Waals surface area contributed by atoms with Crippen LogP contribution in [-0.2, 0) is 14.9 Å². The van der Waals surface area contributed by atoms with E-state index in [1.54, 1.807) is 0 Å². The van der Waals surface area contributed by atoms with E-state index < -0.39 is 28.1 Å². The molecular formula is C26H44NNaO7S. The monoisotopic (exact) mass is 537 g/mol. The zero-order valence-electron chi connectivity index (χ0n) is 22.4. The van der Waals surface area contributed by atoms with Crippen LogP contribution in [0.15, 0.2) is 0 Å². The molecule has 11 atom stereocenters. The van der Waals surface area contributed by atoms with Crippen molar-refractivity contribution in [2.75, 3.05) is 12.3 Å². The molecule has 0 aromatic rings. The minimum atomic E-state index is -4.33. The molecule has 10 heteroatoms. The Morgan fingerprint density at radius 2 is 1.64 bits per heavy atom. The van der Waals surface area contributed by atoms with Gasteiger partial charge in [-0.25, -0.2) is 8.42 Å². The SMILES string of the molecule is C[C@H](CCC(=O)NCCS(=O)(=O)[O-])[C@H]1CC[C@H]2[C@@H]3[C@H](O)[C@H](O)[C@@H]4C[C@H](O)CC[C@]4(C)[C@H]3CC[C@]12C.[Na+]. The number of nitrogens with one attached hydrogen (secondary N) is 1. The molecule has 0 saturated heterocycles. The Kier molecular flexibility index (Phi) is 9.75. The van der Waals surface area contributed by atoms with Crippen molar-refractivity contribution in [3.8, 4) is 0 Å². The van der Waals surface area contributed by atoms with Crippen molar-refractivity contribution in [3.05, 3.63) is 0 Å². The fourth-order valence-electron chi connectivity index (χ4n) is 9.18. The third-order valence-electron chi connectivity index (χ3n) is 11.0. The van der Waals surface area contributed by atoms with Crippen molar-refractivity contribution < 1.29 is 62.6 Å². The summed E-state index contributed by atoms with van der Waals surface area (Å²) in [5, 5.41) is 35.3. The van der Waals surface area contributed by atoms with Gasteiger partial charge >= 0.3 is 29.6 Å². The quantitative estimate of drug-likeness (QED) is 0.241. The predicted molar refractivity (Wildman–Crippen MR) is 130 cm³/mol. The van der Waals surface area contributed by atoms with Crippen LogP contribution in [0.5, 0.6) is 0 Å². The summed E-state index contributed by atoms with van der Waals surface area (Å²) in [6.07, 6.45) is 5.46. The summed E-state index contributed by atoms with van der Waals surface area (Å²) in [7, 11) is -4.33. The Bertz CT molecular complexity index is 903. The molecule has 4 rings (SSSR count). The van der Waals surface area contributed by atoms with E-state index in [9.17, 15) is 33.1 Å². The molecule has 0 aromatic heterocycles. The summed E-state index contributed by atoms with van der Waals surface area (Å²) >= 11 is 0. The van der Waals surface area contributed by atoms with E-state index in [2.05, 4.69) is 26.1 Å². The smallest absolute Gasteiger partial charge is 0.748 e. The molecule has 36 heavy (non-hydrogen) atoms. The van der Waals surface area contributed by atoms with Gasteiger partial charge in [-0.15, -0.1) is 0 Å². The maximum absolute atomic E-state index is 12.2. The molecule has 0 aliphatic heterocycles. The van der Waals surface area contributed by atoms with Gasteiger partial charge < -0.3 is 25.2 Å². The number of carbonyl (C=O) groups is 1. The van der Waals surface area contributed by atoms with Crippen LogP contribution in [0.25, 0.3) is 0 Å². The van der Waals surface area contributed by atoms with Gasteiger partial charge in [0.25, 0.3) is 0 Å². The Labute approximate surface area is 238 Å². The molecule has 8 nitrogen and oxygen atoms in total. The van der Waals surface area contributed by atoms with Crippen LogP contribution in [0.2, 0.25) is 0 Å². The molecule has 4 aliphatic rings. The van der Waals surface area contributed by atoms with Crippen LogP contribution in [0.4, 0.5) is 0 Å². The summed E-state index contributed by atoms with van der Waals surface area (Å²) in [5.74, 6) is 0.598. The van der Waals surface area contributed by atoms with Gasteiger partial charge in [-0.1, -0.05) is 20.8 Å². The maximum atomic E-state index is 12.2. The number of hydrogen-bond acceptors (Lipinski definition) is 7. The standard InChI is InChI=1S/C26H45NO7S.Na/c1-15(4-7-21(29)27-12-13-35(32,33)34)17-5-6-18-22-19(9-11-25(17,18)2)26(3)10-8-16(28)14-20(26)23(30)24(22)31;/h15-20,22-24,28,30-31H,4-14H2,1-3H3,(H,27,29)(H,32,33,34);/q;+1/p-1/t15-,16-,17-,18+,19+,20+,22+,23-,24+,25-,26-;/m1./s1. The second kappa shape index (κ2) is 11.4. The molecular weight excluding hydrogens is 493 g/mol. The third-order valence-corrected chi connectivity index (χ3v) is 11.7. The number of rotatable bonds is 7. The van der Waals surface area contributed by atoms with E-state index >= 15 is 0 Å². The largest absolute Gasteiger partial charge is 1.00 e. The van der Waals surface area contributed by atoms with Crippen LogP contribution in [0, 0.1) is 46.3 Å². The number of fused-ring (bicyclic) bond motifs is 5. The Hall–Kier alpha value is 0.260. The molecule has 0 radical (unpaired) electrons. The van der Waals surface area contributed by atoms with E-state index in [0.717, 1.165) is 38.5 Å². The number of hydrogen-bond donors (Lipinski definition) is 4. The van der Waals surface area contributed by atoms with Crippen LogP contribution in [-0.4, -0.2) is 64.8 Å². The first-order valence-corrected chi connectivity index (χ1v) is 15.1. The Morgan fingerprint density at radius 3 is 2.31 bits per heavy atom. The average molecular weight is 538 g/mol. The molecule has 0 heterocycles. The van der Waals surface area contributed by atoms with E-state index in [1.807, 2.05) is 0 Å². The summed E-state index contributed by atoms with van der Waals surface area (Å²) in [6, 6.07) is 0. The molecule has 0 aromatic carbocycles. The van der Waals surface area contributed by atoms with E-state index in [1.165, 1.54) is 0 Å². The van der Waals surface area contributed by atoms with Gasteiger partial charge in [0.2, 0.25) is 5.91 Å². The van der Waals surface area contributed by atoms with Gasteiger partial charge in [0.05, 0.1) is 34.2 Å². The molecule has 0 bridgehead atoms. The van der Waals surface area contributed by atoms with E-state index in [4.69, 9.17) is 0 Å². The molecule has 202 valence electrons. The van der Waals surface area contributed by atoms with E-state index in [-0.39, 0.29) is 70.8 Å². The van der Waals surface area contributed by atoms with Crippen molar-refractivity contribution in [1.82, 2.24) is 5.32 Å². The molecule has 4 saturated carbocycles. The van der Waals surface area contributed by atoms with Crippen molar-refractivity contribution in [3.63, 3.8) is 0 Å². The van der Waals surface area contributed by atoms with Gasteiger partial charge in [-0.3, -0.25) is 4.79 Å². The van der Waals surface area contributed by atoms with Gasteiger partial charge in [-0.05, 0) is 97.7 Å². The summed E-state index contributed by atoms with van der Waals surface area (Å²) < 4.78 is 32.2. The van der Waals surface area contributed by atoms with Crippen molar-refractivity contribution >= 4 is 16.0 Å². The fourth-order valence-corrected chi connectivity index (χ4v) is 9.53. The van der Waals surface area contributed by atoms with Crippen LogP contribution in [0.3, 0.4) is 0 Å². The minimum Gasteiger partial charge on any atom is -0.748 e. The average Bonchev–Trinajstić information content (AvgIpc) is 3.13. The normalized spacial score (nSPS) is 45.0. The molecule has 4 aliphatic carbocycles. The van der Waals surface area contributed by atoms with Crippen LogP contribution < -0.4 is 34.9 Å². The molecule has 0 unspecified atom stereocenters. The number of aliphatic hydroxyl groups excluding tert-OH is 3. The third kappa shape index (κ3) is 5.74. The van der Waals surface area contributed by atoms with E-state index in [0.29, 0.717) is 42.9 Å². The Balaban J connectivity index is 0.00000361. The van der Waals surface area contributed by atoms with Crippen molar-refractivity contribution in [2.24, 2.45) is 46.3 Å². The summed E-state index contributed by atoms with van der Waals surface area (Å²) in [5.41, 5.74) is -0.00495. The second-order valence-electron chi connectivity index (χ2n) is 12.7. The van der Waals surface area contributed by atoms with Gasteiger partial charge in [0, 0.05) is 13.0 Å². The number of amides is 1. The molecule has 4 fully saturated rings. The first-order chi connectivity index (χ1) is 16.3. The second-order valence-corrected chi connectivity index (χ2v) is 14.2. The van der Waals surface area contributed by atoms with Crippen molar-refractivity contribution in [2.45, 2.75) is 96.9 Å². The first-order valence-electron chi connectivity index (χ1n) is 13.5. The molecule has 0 spiro atoms. The number of aliphatic hydroxyl groups is 3. The molecule has 1 amide bonds. The topological polar surface area (TPSA) is 147 Å². The van der Waals surface area contributed by atoms with Gasteiger partial charge in [-0.2, -0.15) is 0 Å². The Morgan fingerprint density at radius 1 is 1.00 bits per heavy atom. The van der Waals surface area contributed by atoms with Crippen molar-refractivity contribution in [1.29, 1.82) is 0 Å². The first kappa shape index (κ1) is 30.8. The molecule has 4 N–H and O–H groups in total. The van der Waals surface area contributed by atoms with Crippen LogP contribution >= 0.6 is 0 Å². The summed E-state index contributed by atoms with van der Waals surface area (Å²) in [6.45, 7) is 6.66. The zero-order chi connectivity index (χ0) is 25.8. The van der Waals surface area contributed by atoms with Crippen LogP contribution in [0.1, 0.15) is 78.6 Å². The van der Waals surface area contributed by atoms with Gasteiger partial charge in [0.1, 0.15) is 0 Å².